The van der Waals surface area contributed by atoms with Crippen LogP contribution in [0.3, 0.4) is 0 Å². The summed E-state index contributed by atoms with van der Waals surface area (Å²) in [7, 11) is 0. The first-order valence-corrected chi connectivity index (χ1v) is 9.42. The highest BCUT2D eigenvalue weighted by molar-refractivity contribution is 7.00. The number of nitrogens with one attached hydrogen (secondary N) is 2. The van der Waals surface area contributed by atoms with Crippen LogP contribution in [0.4, 0.5) is 11.5 Å². The van der Waals surface area contributed by atoms with Gasteiger partial charge in [0.05, 0.1) is 36.8 Å². The van der Waals surface area contributed by atoms with Crippen LogP contribution in [0.25, 0.3) is 11.0 Å². The van der Waals surface area contributed by atoms with Gasteiger partial charge in [0.2, 0.25) is 0 Å². The Morgan fingerprint density at radius 2 is 2.00 bits per heavy atom. The Kier molecular flexibility index (Phi) is 5.35. The molecule has 0 aliphatic carbocycles. The van der Waals surface area contributed by atoms with Crippen LogP contribution in [-0.4, -0.2) is 64.2 Å². The predicted molar refractivity (Wildman–Crippen MR) is 103 cm³/mol. The van der Waals surface area contributed by atoms with Gasteiger partial charge in [0.25, 0.3) is 5.91 Å². The van der Waals surface area contributed by atoms with Gasteiger partial charge in [0, 0.05) is 37.8 Å². The maximum atomic E-state index is 12.3. The quantitative estimate of drug-likeness (QED) is 0.609. The van der Waals surface area contributed by atoms with E-state index in [0.29, 0.717) is 24.5 Å². The minimum atomic E-state index is -0.139. The SMILES string of the molecule is O=C(NCCNc1cc(N2CCOCC2)cnn1)c1ccc2nsnc2c1. The van der Waals surface area contributed by atoms with Crippen LogP contribution in [0.15, 0.2) is 30.5 Å². The molecular weight excluding hydrogens is 366 g/mol. The Morgan fingerprint density at radius 1 is 1.15 bits per heavy atom. The van der Waals surface area contributed by atoms with Crippen molar-refractivity contribution in [2.45, 2.75) is 0 Å². The first kappa shape index (κ1) is 17.6. The summed E-state index contributed by atoms with van der Waals surface area (Å²) < 4.78 is 13.7. The van der Waals surface area contributed by atoms with Crippen molar-refractivity contribution in [1.29, 1.82) is 0 Å². The van der Waals surface area contributed by atoms with Crippen LogP contribution >= 0.6 is 11.7 Å². The number of hydrogen-bond acceptors (Lipinski definition) is 9. The summed E-state index contributed by atoms with van der Waals surface area (Å²) in [6, 6.07) is 7.27. The van der Waals surface area contributed by atoms with Crippen LogP contribution in [-0.2, 0) is 4.74 Å². The summed E-state index contributed by atoms with van der Waals surface area (Å²) in [6.07, 6.45) is 1.75. The van der Waals surface area contributed by atoms with Crippen molar-refractivity contribution in [3.05, 3.63) is 36.0 Å². The van der Waals surface area contributed by atoms with Gasteiger partial charge in [0.1, 0.15) is 11.0 Å². The van der Waals surface area contributed by atoms with Gasteiger partial charge in [-0.1, -0.05) is 0 Å². The molecule has 0 bridgehead atoms. The van der Waals surface area contributed by atoms with E-state index in [9.17, 15) is 4.79 Å². The van der Waals surface area contributed by atoms with E-state index in [2.05, 4.69) is 34.5 Å². The van der Waals surface area contributed by atoms with Gasteiger partial charge in [0.15, 0.2) is 5.82 Å². The monoisotopic (exact) mass is 385 g/mol. The lowest BCUT2D eigenvalue weighted by atomic mass is 10.2. The van der Waals surface area contributed by atoms with Gasteiger partial charge in [-0.05, 0) is 18.2 Å². The lowest BCUT2D eigenvalue weighted by Gasteiger charge is -2.28. The van der Waals surface area contributed by atoms with E-state index in [1.54, 1.807) is 24.4 Å². The largest absolute Gasteiger partial charge is 0.378 e. The molecule has 0 radical (unpaired) electrons. The fourth-order valence-electron chi connectivity index (χ4n) is 2.83. The van der Waals surface area contributed by atoms with Gasteiger partial charge in [-0.15, -0.1) is 5.10 Å². The fraction of sp³-hybridized carbons (Fsp3) is 0.353. The molecule has 10 heteroatoms. The average Bonchev–Trinajstić information content (AvgIpc) is 3.20. The molecule has 1 amide bonds. The van der Waals surface area contributed by atoms with Gasteiger partial charge in [-0.2, -0.15) is 13.8 Å². The van der Waals surface area contributed by atoms with E-state index >= 15 is 0 Å². The zero-order valence-corrected chi connectivity index (χ0v) is 15.4. The average molecular weight is 385 g/mol. The van der Waals surface area contributed by atoms with E-state index in [1.807, 2.05) is 6.07 Å². The molecule has 1 aliphatic heterocycles. The molecule has 0 saturated carbocycles. The Morgan fingerprint density at radius 3 is 2.89 bits per heavy atom. The number of benzene rings is 1. The van der Waals surface area contributed by atoms with Crippen LogP contribution in [0.2, 0.25) is 0 Å². The lowest BCUT2D eigenvalue weighted by molar-refractivity contribution is 0.0955. The van der Waals surface area contributed by atoms with E-state index in [-0.39, 0.29) is 5.91 Å². The summed E-state index contributed by atoms with van der Waals surface area (Å²) in [5.74, 6) is 0.544. The van der Waals surface area contributed by atoms with Crippen LogP contribution in [0, 0.1) is 0 Å². The number of fused-ring (bicyclic) bond motifs is 1. The van der Waals surface area contributed by atoms with Crippen molar-refractivity contribution in [2.24, 2.45) is 0 Å². The molecular formula is C17H19N7O2S. The summed E-state index contributed by atoms with van der Waals surface area (Å²) >= 11 is 1.14. The summed E-state index contributed by atoms with van der Waals surface area (Å²) in [6.45, 7) is 4.16. The topological polar surface area (TPSA) is 105 Å². The van der Waals surface area contributed by atoms with Gasteiger partial charge in [-0.3, -0.25) is 4.79 Å². The number of amides is 1. The number of carbonyl (C=O) groups is 1. The van der Waals surface area contributed by atoms with E-state index < -0.39 is 0 Å². The van der Waals surface area contributed by atoms with Crippen LogP contribution in [0.5, 0.6) is 0 Å². The van der Waals surface area contributed by atoms with Crippen molar-refractivity contribution >= 4 is 40.2 Å². The van der Waals surface area contributed by atoms with Gasteiger partial charge < -0.3 is 20.3 Å². The number of carbonyl (C=O) groups excluding carboxylic acids is 1. The van der Waals surface area contributed by atoms with E-state index in [4.69, 9.17) is 4.74 Å². The highest BCUT2D eigenvalue weighted by Gasteiger charge is 2.12. The number of aromatic nitrogens is 4. The second-order valence-corrected chi connectivity index (χ2v) is 6.58. The standard InChI is InChI=1S/C17H19N7O2S/c25-17(12-1-2-14-15(9-12)23-27-22-14)19-4-3-18-16-10-13(11-20-21-16)24-5-7-26-8-6-24/h1-2,9-11H,3-8H2,(H,18,21)(H,19,25). The molecule has 1 saturated heterocycles. The van der Waals surface area contributed by atoms with Crippen molar-refractivity contribution < 1.29 is 9.53 Å². The third kappa shape index (κ3) is 4.29. The summed E-state index contributed by atoms with van der Waals surface area (Å²) in [5.41, 5.74) is 3.13. The molecule has 2 N–H and O–H groups in total. The third-order valence-corrected chi connectivity index (χ3v) is 4.81. The lowest BCUT2D eigenvalue weighted by Crippen LogP contribution is -2.36. The minimum absolute atomic E-state index is 0.139. The number of ether oxygens (including phenoxy) is 1. The molecule has 0 unspecified atom stereocenters. The summed E-state index contributed by atoms with van der Waals surface area (Å²) in [5, 5.41) is 14.2. The maximum Gasteiger partial charge on any atom is 0.251 e. The molecule has 1 aromatic carbocycles. The number of nitrogens with zero attached hydrogens (tertiary/aromatic N) is 5. The van der Waals surface area contributed by atoms with E-state index in [1.165, 1.54) is 0 Å². The number of hydrogen-bond donors (Lipinski definition) is 2. The second kappa shape index (κ2) is 8.23. The van der Waals surface area contributed by atoms with Crippen molar-refractivity contribution in [3.8, 4) is 0 Å². The zero-order chi connectivity index (χ0) is 18.5. The maximum absolute atomic E-state index is 12.3. The normalized spacial score (nSPS) is 14.3. The highest BCUT2D eigenvalue weighted by atomic mass is 32.1. The molecule has 140 valence electrons. The molecule has 2 aromatic heterocycles. The number of anilines is 2. The van der Waals surface area contributed by atoms with Crippen molar-refractivity contribution in [1.82, 2.24) is 24.3 Å². The zero-order valence-electron chi connectivity index (χ0n) is 14.6. The third-order valence-electron chi connectivity index (χ3n) is 4.25. The molecule has 9 nitrogen and oxygen atoms in total. The van der Waals surface area contributed by atoms with E-state index in [0.717, 1.165) is 54.8 Å². The Bertz CT molecular complexity index is 926. The minimum Gasteiger partial charge on any atom is -0.378 e. The molecule has 0 atom stereocenters. The number of rotatable bonds is 6. The van der Waals surface area contributed by atoms with Crippen molar-refractivity contribution in [3.63, 3.8) is 0 Å². The fourth-order valence-corrected chi connectivity index (χ4v) is 3.35. The van der Waals surface area contributed by atoms with Crippen LogP contribution < -0.4 is 15.5 Å². The Balaban J connectivity index is 1.27. The van der Waals surface area contributed by atoms with Crippen molar-refractivity contribution in [2.75, 3.05) is 49.6 Å². The Hall–Kier alpha value is -2.85. The van der Waals surface area contributed by atoms with Gasteiger partial charge in [-0.25, -0.2) is 0 Å². The molecule has 4 rings (SSSR count). The predicted octanol–water partition coefficient (Wildman–Crippen LogP) is 1.16. The first-order valence-electron chi connectivity index (χ1n) is 8.69. The molecule has 1 aliphatic rings. The smallest absolute Gasteiger partial charge is 0.251 e. The highest BCUT2D eigenvalue weighted by Crippen LogP contribution is 2.17. The van der Waals surface area contributed by atoms with Crippen LogP contribution in [0.1, 0.15) is 10.4 Å². The molecule has 3 aromatic rings. The molecule has 27 heavy (non-hydrogen) atoms. The Labute approximate surface area is 160 Å². The number of morpholine rings is 1. The second-order valence-electron chi connectivity index (χ2n) is 6.05. The molecule has 0 spiro atoms. The molecule has 1 fully saturated rings. The first-order chi connectivity index (χ1) is 13.3. The summed E-state index contributed by atoms with van der Waals surface area (Å²) in [4.78, 5) is 14.5. The molecule has 3 heterocycles. The van der Waals surface area contributed by atoms with Gasteiger partial charge >= 0.3 is 0 Å².